The van der Waals surface area contributed by atoms with Crippen LogP contribution in [0.2, 0.25) is 0 Å². The maximum atomic E-state index is 14.1. The van der Waals surface area contributed by atoms with Crippen LogP contribution in [0.25, 0.3) is 0 Å². The number of ether oxygens (including phenoxy) is 3. The second-order valence-electron chi connectivity index (χ2n) is 5.14. The summed E-state index contributed by atoms with van der Waals surface area (Å²) in [7, 11) is 1.15. The molecule has 9 heteroatoms. The second-order valence-corrected chi connectivity index (χ2v) is 5.14. The lowest BCUT2D eigenvalue weighted by Gasteiger charge is -2.35. The van der Waals surface area contributed by atoms with Crippen molar-refractivity contribution in [1.29, 1.82) is 5.26 Å². The molecule has 0 bridgehead atoms. The lowest BCUT2D eigenvalue weighted by molar-refractivity contribution is -0.190. The van der Waals surface area contributed by atoms with Gasteiger partial charge < -0.3 is 14.2 Å². The Hall–Kier alpha value is -2.34. The fourth-order valence-corrected chi connectivity index (χ4v) is 2.33. The summed E-state index contributed by atoms with van der Waals surface area (Å²) >= 11 is 0. The van der Waals surface area contributed by atoms with E-state index in [2.05, 4.69) is 0 Å². The Kier molecular flexibility index (Phi) is 4.99. The van der Waals surface area contributed by atoms with Gasteiger partial charge >= 0.3 is 12.1 Å². The van der Waals surface area contributed by atoms with Crippen molar-refractivity contribution in [2.24, 2.45) is 0 Å². The van der Waals surface area contributed by atoms with Crippen molar-refractivity contribution in [3.8, 4) is 11.8 Å². The summed E-state index contributed by atoms with van der Waals surface area (Å²) in [5.74, 6) is -1.30. The first kappa shape index (κ1) is 18.0. The van der Waals surface area contributed by atoms with E-state index in [0.29, 0.717) is 6.07 Å². The molecule has 1 aliphatic rings. The zero-order chi connectivity index (χ0) is 18.1. The minimum Gasteiger partial charge on any atom is -0.476 e. The van der Waals surface area contributed by atoms with Crippen molar-refractivity contribution in [1.82, 2.24) is 0 Å². The molecule has 0 amide bonds. The normalized spacial score (nSPS) is 27.3. The molecule has 0 aromatic heterocycles. The van der Waals surface area contributed by atoms with Crippen molar-refractivity contribution in [2.75, 3.05) is 7.11 Å². The molecule has 1 aromatic carbocycles. The second kappa shape index (κ2) is 6.65. The predicted molar refractivity (Wildman–Crippen MR) is 71.8 cm³/mol. The van der Waals surface area contributed by atoms with Crippen LogP contribution in [0.5, 0.6) is 5.75 Å². The summed E-state index contributed by atoms with van der Waals surface area (Å²) in [6.07, 6.45) is -10.4. The van der Waals surface area contributed by atoms with Crippen LogP contribution < -0.4 is 4.74 Å². The number of rotatable bonds is 3. The highest BCUT2D eigenvalue weighted by molar-refractivity contribution is 5.77. The molecule has 130 valence electrons. The van der Waals surface area contributed by atoms with Gasteiger partial charge in [0.15, 0.2) is 6.17 Å². The Morgan fingerprint density at radius 2 is 2.00 bits per heavy atom. The summed E-state index contributed by atoms with van der Waals surface area (Å²) < 4.78 is 67.7. The van der Waals surface area contributed by atoms with Crippen molar-refractivity contribution >= 4 is 5.97 Å². The van der Waals surface area contributed by atoms with Crippen LogP contribution in [-0.2, 0) is 20.4 Å². The number of methoxy groups -OCH3 is 1. The summed E-state index contributed by atoms with van der Waals surface area (Å²) in [5, 5.41) is 8.75. The Bertz CT molecular complexity index is 670. The fraction of sp³-hybridized carbons (Fsp3) is 0.467. The standard InChI is InChI=1S/C15H13F4NO4/c1-7-11(16)12(22-2)13(14(21)23-7)24-9-4-3-8(6-20)10(5-9)15(17,18)19/h3-5,7,11-13H,1-2H3. The molecule has 0 saturated carbocycles. The molecule has 1 heterocycles. The van der Waals surface area contributed by atoms with Crippen LogP contribution in [0.1, 0.15) is 18.1 Å². The van der Waals surface area contributed by atoms with E-state index in [1.54, 1.807) is 0 Å². The highest BCUT2D eigenvalue weighted by atomic mass is 19.4. The fourth-order valence-electron chi connectivity index (χ4n) is 2.33. The van der Waals surface area contributed by atoms with Crippen LogP contribution in [0.15, 0.2) is 18.2 Å². The van der Waals surface area contributed by atoms with E-state index in [1.807, 2.05) is 0 Å². The quantitative estimate of drug-likeness (QED) is 0.621. The van der Waals surface area contributed by atoms with Crippen LogP contribution in [-0.4, -0.2) is 37.6 Å². The van der Waals surface area contributed by atoms with Crippen molar-refractivity contribution < 1.29 is 36.6 Å². The molecular formula is C15H13F4NO4. The van der Waals surface area contributed by atoms with Crippen LogP contribution in [0, 0.1) is 11.3 Å². The summed E-state index contributed by atoms with van der Waals surface area (Å²) in [5.41, 5.74) is -1.81. The van der Waals surface area contributed by atoms with E-state index in [-0.39, 0.29) is 5.75 Å². The lowest BCUT2D eigenvalue weighted by atomic mass is 10.0. The Labute approximate surface area is 134 Å². The number of benzene rings is 1. The number of carbonyl (C=O) groups is 1. The number of carbonyl (C=O) groups excluding carboxylic acids is 1. The number of halogens is 4. The molecule has 1 fully saturated rings. The van der Waals surface area contributed by atoms with E-state index >= 15 is 0 Å². The predicted octanol–water partition coefficient (Wildman–Crippen LogP) is 2.62. The smallest absolute Gasteiger partial charge is 0.417 e. The highest BCUT2D eigenvalue weighted by Gasteiger charge is 2.47. The number of nitriles is 1. The number of cyclic esters (lactones) is 1. The van der Waals surface area contributed by atoms with Crippen molar-refractivity contribution in [2.45, 2.75) is 37.6 Å². The van der Waals surface area contributed by atoms with Gasteiger partial charge in [-0.3, -0.25) is 0 Å². The molecule has 24 heavy (non-hydrogen) atoms. The molecule has 0 aliphatic carbocycles. The topological polar surface area (TPSA) is 68.5 Å². The molecule has 0 spiro atoms. The molecule has 5 nitrogen and oxygen atoms in total. The van der Waals surface area contributed by atoms with Crippen LogP contribution in [0.3, 0.4) is 0 Å². The van der Waals surface area contributed by atoms with Gasteiger partial charge in [-0.2, -0.15) is 18.4 Å². The molecule has 4 atom stereocenters. The third kappa shape index (κ3) is 3.43. The Morgan fingerprint density at radius 1 is 1.33 bits per heavy atom. The first-order chi connectivity index (χ1) is 11.2. The number of hydrogen-bond donors (Lipinski definition) is 0. The van der Waals surface area contributed by atoms with Gasteiger partial charge in [0.1, 0.15) is 18.0 Å². The molecule has 1 aromatic rings. The number of alkyl halides is 4. The molecule has 0 radical (unpaired) electrons. The van der Waals surface area contributed by atoms with E-state index in [4.69, 9.17) is 19.5 Å². The van der Waals surface area contributed by atoms with Gasteiger partial charge in [-0.25, -0.2) is 9.18 Å². The average Bonchev–Trinajstić information content (AvgIpc) is 2.52. The molecule has 1 aliphatic heterocycles. The van der Waals surface area contributed by atoms with Crippen molar-refractivity contribution in [3.63, 3.8) is 0 Å². The largest absolute Gasteiger partial charge is 0.476 e. The van der Waals surface area contributed by atoms with Gasteiger partial charge in [0, 0.05) is 7.11 Å². The summed E-state index contributed by atoms with van der Waals surface area (Å²) in [6.45, 7) is 1.33. The van der Waals surface area contributed by atoms with E-state index in [1.165, 1.54) is 13.0 Å². The minimum atomic E-state index is -4.78. The van der Waals surface area contributed by atoms with Gasteiger partial charge in [0.2, 0.25) is 6.10 Å². The Balaban J connectivity index is 2.33. The van der Waals surface area contributed by atoms with E-state index < -0.39 is 47.8 Å². The SMILES string of the molecule is COC1C(Oc2ccc(C#N)c(C(F)(F)F)c2)C(=O)OC(C)C1F. The highest BCUT2D eigenvalue weighted by Crippen LogP contribution is 2.35. The van der Waals surface area contributed by atoms with Crippen LogP contribution in [0.4, 0.5) is 17.6 Å². The first-order valence-electron chi connectivity index (χ1n) is 6.84. The van der Waals surface area contributed by atoms with Gasteiger partial charge in [0.05, 0.1) is 17.2 Å². The van der Waals surface area contributed by atoms with Gasteiger partial charge in [-0.05, 0) is 25.1 Å². The maximum Gasteiger partial charge on any atom is 0.417 e. The van der Waals surface area contributed by atoms with E-state index in [0.717, 1.165) is 19.2 Å². The monoisotopic (exact) mass is 347 g/mol. The van der Waals surface area contributed by atoms with Crippen LogP contribution >= 0.6 is 0 Å². The Morgan fingerprint density at radius 3 is 2.54 bits per heavy atom. The third-order valence-electron chi connectivity index (χ3n) is 3.55. The molecular weight excluding hydrogens is 334 g/mol. The average molecular weight is 347 g/mol. The number of esters is 1. The van der Waals surface area contributed by atoms with Crippen molar-refractivity contribution in [3.05, 3.63) is 29.3 Å². The lowest BCUT2D eigenvalue weighted by Crippen LogP contribution is -2.56. The van der Waals surface area contributed by atoms with Gasteiger partial charge in [-0.1, -0.05) is 0 Å². The zero-order valence-corrected chi connectivity index (χ0v) is 12.6. The third-order valence-corrected chi connectivity index (χ3v) is 3.55. The minimum absolute atomic E-state index is 0.355. The summed E-state index contributed by atoms with van der Waals surface area (Å²) in [4.78, 5) is 11.9. The number of nitrogens with zero attached hydrogens (tertiary/aromatic N) is 1. The number of hydrogen-bond acceptors (Lipinski definition) is 5. The molecule has 2 rings (SSSR count). The molecule has 0 N–H and O–H groups in total. The zero-order valence-electron chi connectivity index (χ0n) is 12.6. The molecule has 1 saturated heterocycles. The first-order valence-corrected chi connectivity index (χ1v) is 6.84. The van der Waals surface area contributed by atoms with Gasteiger partial charge in [-0.15, -0.1) is 0 Å². The van der Waals surface area contributed by atoms with Gasteiger partial charge in [0.25, 0.3) is 0 Å². The summed E-state index contributed by atoms with van der Waals surface area (Å²) in [6, 6.07) is 3.98. The molecule has 4 unspecified atom stereocenters. The van der Waals surface area contributed by atoms with E-state index in [9.17, 15) is 22.4 Å². The maximum absolute atomic E-state index is 14.1.